The van der Waals surface area contributed by atoms with Crippen molar-refractivity contribution in [2.75, 3.05) is 18.5 Å². The van der Waals surface area contributed by atoms with E-state index in [1.807, 2.05) is 36.4 Å². The number of carboxylic acid groups (broad SMARTS) is 1. The van der Waals surface area contributed by atoms with E-state index in [0.29, 0.717) is 18.5 Å². The molecule has 178 valence electrons. The average molecular weight is 471 g/mol. The zero-order valence-corrected chi connectivity index (χ0v) is 19.1. The fraction of sp³-hybridized carbons (Fsp3) is 0.250. The Bertz CT molecular complexity index is 1250. The highest BCUT2D eigenvalue weighted by Gasteiger charge is 2.44. The predicted octanol–water partition coefficient (Wildman–Crippen LogP) is 5.03. The molecule has 1 saturated carbocycles. The van der Waals surface area contributed by atoms with Gasteiger partial charge in [0.05, 0.1) is 16.7 Å². The van der Waals surface area contributed by atoms with Crippen LogP contribution in [0.15, 0.2) is 72.8 Å². The van der Waals surface area contributed by atoms with Gasteiger partial charge in [0.1, 0.15) is 6.61 Å². The molecule has 0 radical (unpaired) electrons. The first-order chi connectivity index (χ1) is 17.0. The molecule has 7 nitrogen and oxygen atoms in total. The normalized spacial score (nSPS) is 15.3. The maximum atomic E-state index is 12.8. The fourth-order valence-electron chi connectivity index (χ4n) is 4.95. The van der Waals surface area contributed by atoms with Crippen molar-refractivity contribution in [3.05, 3.63) is 89.5 Å². The number of carbonyl (C=O) groups is 3. The number of fused-ring (bicyclic) bond motifs is 3. The Morgan fingerprint density at radius 1 is 0.886 bits per heavy atom. The highest BCUT2D eigenvalue weighted by molar-refractivity contribution is 6.02. The highest BCUT2D eigenvalue weighted by atomic mass is 16.5. The third kappa shape index (κ3) is 4.25. The smallest absolute Gasteiger partial charge is 0.411 e. The summed E-state index contributed by atoms with van der Waals surface area (Å²) in [4.78, 5) is 37.1. The first-order valence-electron chi connectivity index (χ1n) is 11.7. The van der Waals surface area contributed by atoms with Gasteiger partial charge in [0, 0.05) is 12.5 Å². The molecule has 0 saturated heterocycles. The number of hydrogen-bond acceptors (Lipinski definition) is 4. The fourth-order valence-corrected chi connectivity index (χ4v) is 4.95. The molecule has 0 aromatic heterocycles. The SMILES string of the molecule is O=C(Nc1ccccc1C(=O)NCC1(C(=O)O)CCC1)OCC1c2ccccc2-c2ccccc21. The average Bonchev–Trinajstić information content (AvgIpc) is 3.16. The highest BCUT2D eigenvalue weighted by Crippen LogP contribution is 2.44. The number of hydrogen-bond donors (Lipinski definition) is 3. The first-order valence-corrected chi connectivity index (χ1v) is 11.7. The molecular weight excluding hydrogens is 444 g/mol. The van der Waals surface area contributed by atoms with E-state index in [9.17, 15) is 19.5 Å². The van der Waals surface area contributed by atoms with Crippen LogP contribution in [0.2, 0.25) is 0 Å². The second-order valence-electron chi connectivity index (χ2n) is 9.12. The minimum absolute atomic E-state index is 0.0560. The zero-order chi connectivity index (χ0) is 24.4. The van der Waals surface area contributed by atoms with Crippen molar-refractivity contribution < 1.29 is 24.2 Å². The molecule has 0 spiro atoms. The van der Waals surface area contributed by atoms with Crippen LogP contribution in [0, 0.1) is 5.41 Å². The lowest BCUT2D eigenvalue weighted by Gasteiger charge is -2.37. The zero-order valence-electron chi connectivity index (χ0n) is 19.1. The molecule has 3 aromatic carbocycles. The summed E-state index contributed by atoms with van der Waals surface area (Å²) >= 11 is 0. The summed E-state index contributed by atoms with van der Waals surface area (Å²) in [6, 6.07) is 22.8. The first kappa shape index (κ1) is 22.7. The van der Waals surface area contributed by atoms with Crippen LogP contribution in [0.4, 0.5) is 10.5 Å². The van der Waals surface area contributed by atoms with Crippen molar-refractivity contribution in [3.8, 4) is 11.1 Å². The van der Waals surface area contributed by atoms with Gasteiger partial charge in [-0.25, -0.2) is 4.79 Å². The Morgan fingerprint density at radius 2 is 1.49 bits per heavy atom. The van der Waals surface area contributed by atoms with Crippen LogP contribution in [0.1, 0.15) is 46.7 Å². The van der Waals surface area contributed by atoms with Gasteiger partial charge in [0.25, 0.3) is 5.91 Å². The summed E-state index contributed by atoms with van der Waals surface area (Å²) in [7, 11) is 0. The van der Waals surface area contributed by atoms with Gasteiger partial charge in [-0.15, -0.1) is 0 Å². The number of ether oxygens (including phenoxy) is 1. The molecule has 5 rings (SSSR count). The number of amides is 2. The lowest BCUT2D eigenvalue weighted by atomic mass is 9.69. The van der Waals surface area contributed by atoms with E-state index >= 15 is 0 Å². The molecule has 0 bridgehead atoms. The molecule has 7 heteroatoms. The summed E-state index contributed by atoms with van der Waals surface area (Å²) in [6.45, 7) is 0.218. The molecule has 2 aliphatic carbocycles. The van der Waals surface area contributed by atoms with Gasteiger partial charge in [-0.1, -0.05) is 67.1 Å². The number of benzene rings is 3. The van der Waals surface area contributed by atoms with E-state index in [-0.39, 0.29) is 24.6 Å². The molecule has 3 N–H and O–H groups in total. The maximum Gasteiger partial charge on any atom is 0.411 e. The molecule has 0 unspecified atom stereocenters. The Labute approximate surface area is 203 Å². The molecule has 3 aromatic rings. The van der Waals surface area contributed by atoms with Gasteiger partial charge in [-0.3, -0.25) is 14.9 Å². The van der Waals surface area contributed by atoms with E-state index in [2.05, 4.69) is 22.8 Å². The molecule has 1 fully saturated rings. The molecule has 2 aliphatic rings. The topological polar surface area (TPSA) is 105 Å². The summed E-state index contributed by atoms with van der Waals surface area (Å²) in [5, 5.41) is 14.9. The lowest BCUT2D eigenvalue weighted by molar-refractivity contribution is -0.153. The van der Waals surface area contributed by atoms with Crippen LogP contribution in [0.3, 0.4) is 0 Å². The van der Waals surface area contributed by atoms with Crippen molar-refractivity contribution in [3.63, 3.8) is 0 Å². The summed E-state index contributed by atoms with van der Waals surface area (Å²) in [6.07, 6.45) is 1.26. The monoisotopic (exact) mass is 470 g/mol. The number of para-hydroxylation sites is 1. The van der Waals surface area contributed by atoms with Gasteiger partial charge in [-0.2, -0.15) is 0 Å². The maximum absolute atomic E-state index is 12.8. The van der Waals surface area contributed by atoms with Crippen molar-refractivity contribution in [1.29, 1.82) is 0 Å². The van der Waals surface area contributed by atoms with Crippen LogP contribution in [0.25, 0.3) is 11.1 Å². The third-order valence-electron chi connectivity index (χ3n) is 7.10. The number of carboxylic acids is 1. The Morgan fingerprint density at radius 3 is 2.09 bits per heavy atom. The number of nitrogens with one attached hydrogen (secondary N) is 2. The second-order valence-corrected chi connectivity index (χ2v) is 9.12. The Kier molecular flexibility index (Phi) is 5.99. The molecule has 0 atom stereocenters. The van der Waals surface area contributed by atoms with Gasteiger partial charge in [0.2, 0.25) is 0 Å². The van der Waals surface area contributed by atoms with E-state index in [1.165, 1.54) is 0 Å². The molecular formula is C28H26N2O5. The van der Waals surface area contributed by atoms with Gasteiger partial charge >= 0.3 is 12.1 Å². The molecule has 0 aliphatic heterocycles. The van der Waals surface area contributed by atoms with Gasteiger partial charge in [-0.05, 0) is 47.2 Å². The minimum Gasteiger partial charge on any atom is -0.481 e. The van der Waals surface area contributed by atoms with E-state index in [0.717, 1.165) is 28.7 Å². The third-order valence-corrected chi connectivity index (χ3v) is 7.10. The quantitative estimate of drug-likeness (QED) is 0.449. The number of carbonyl (C=O) groups excluding carboxylic acids is 2. The number of aliphatic carboxylic acids is 1. The van der Waals surface area contributed by atoms with Crippen LogP contribution >= 0.6 is 0 Å². The van der Waals surface area contributed by atoms with Gasteiger partial charge < -0.3 is 15.2 Å². The molecule has 0 heterocycles. The van der Waals surface area contributed by atoms with E-state index < -0.39 is 23.4 Å². The second kappa shape index (κ2) is 9.25. The minimum atomic E-state index is -0.898. The van der Waals surface area contributed by atoms with E-state index in [1.54, 1.807) is 24.3 Å². The van der Waals surface area contributed by atoms with E-state index in [4.69, 9.17) is 4.74 Å². The van der Waals surface area contributed by atoms with Crippen LogP contribution in [-0.2, 0) is 9.53 Å². The van der Waals surface area contributed by atoms with Crippen LogP contribution in [-0.4, -0.2) is 36.2 Å². The van der Waals surface area contributed by atoms with Crippen molar-refractivity contribution in [2.45, 2.75) is 25.2 Å². The Hall–Kier alpha value is -4.13. The van der Waals surface area contributed by atoms with Crippen molar-refractivity contribution in [2.24, 2.45) is 5.41 Å². The van der Waals surface area contributed by atoms with Crippen molar-refractivity contribution in [1.82, 2.24) is 5.32 Å². The van der Waals surface area contributed by atoms with Crippen LogP contribution in [0.5, 0.6) is 0 Å². The summed E-state index contributed by atoms with van der Waals surface area (Å²) in [5.41, 5.74) is 4.18. The predicted molar refractivity (Wildman–Crippen MR) is 131 cm³/mol. The number of rotatable bonds is 7. The lowest BCUT2D eigenvalue weighted by Crippen LogP contribution is -2.47. The van der Waals surface area contributed by atoms with Crippen LogP contribution < -0.4 is 10.6 Å². The Balaban J connectivity index is 1.24. The number of anilines is 1. The van der Waals surface area contributed by atoms with Crippen molar-refractivity contribution >= 4 is 23.7 Å². The summed E-state index contributed by atoms with van der Waals surface area (Å²) in [5.74, 6) is -1.40. The largest absolute Gasteiger partial charge is 0.481 e. The molecule has 35 heavy (non-hydrogen) atoms. The summed E-state index contributed by atoms with van der Waals surface area (Å²) < 4.78 is 5.59. The molecule has 2 amide bonds. The van der Waals surface area contributed by atoms with Gasteiger partial charge in [0.15, 0.2) is 0 Å². The standard InChI is InChI=1S/C28H26N2O5/c31-25(29-17-28(26(32)33)14-7-15-28)22-12-5-6-13-24(22)30-27(34)35-16-23-20-10-3-1-8-18(20)19-9-2-4-11-21(19)23/h1-6,8-13,23H,7,14-17H2,(H,29,31)(H,30,34)(H,32,33).